The van der Waals surface area contributed by atoms with Gasteiger partial charge in [0.05, 0.1) is 11.5 Å². The van der Waals surface area contributed by atoms with E-state index in [0.29, 0.717) is 5.92 Å². The molecule has 0 aromatic heterocycles. The summed E-state index contributed by atoms with van der Waals surface area (Å²) in [6.45, 7) is 3.53. The number of nitriles is 1. The van der Waals surface area contributed by atoms with Crippen molar-refractivity contribution in [2.24, 2.45) is 5.92 Å². The van der Waals surface area contributed by atoms with E-state index in [0.717, 1.165) is 13.0 Å². The van der Waals surface area contributed by atoms with Gasteiger partial charge in [0.15, 0.2) is 0 Å². The summed E-state index contributed by atoms with van der Waals surface area (Å²) in [5, 5.41) is 10.2. The molecule has 1 atom stereocenters. The third kappa shape index (κ3) is 3.78. The molecule has 0 bridgehead atoms. The third-order valence-electron chi connectivity index (χ3n) is 6.06. The summed E-state index contributed by atoms with van der Waals surface area (Å²) in [5.74, 6) is 0.536. The molecule has 3 rings (SSSR count). The Morgan fingerprint density at radius 2 is 1.61 bits per heavy atom. The maximum absolute atomic E-state index is 10.2. The average molecular weight is 310 g/mol. The minimum absolute atomic E-state index is 0.279. The van der Waals surface area contributed by atoms with Gasteiger partial charge in [-0.15, -0.1) is 0 Å². The highest BCUT2D eigenvalue weighted by Gasteiger charge is 2.41. The Morgan fingerprint density at radius 1 is 0.957 bits per heavy atom. The fraction of sp³-hybridized carbons (Fsp3) is 0.667. The van der Waals surface area contributed by atoms with E-state index in [1.165, 1.54) is 70.0 Å². The smallest absolute Gasteiger partial charge is 0.0862 e. The molecule has 1 saturated carbocycles. The first kappa shape index (κ1) is 16.5. The van der Waals surface area contributed by atoms with Gasteiger partial charge in [-0.3, -0.25) is 0 Å². The normalized spacial score (nSPS) is 23.1. The average Bonchev–Trinajstić information content (AvgIpc) is 2.65. The summed E-state index contributed by atoms with van der Waals surface area (Å²) in [6.07, 6.45) is 11.4. The van der Waals surface area contributed by atoms with Crippen molar-refractivity contribution in [1.29, 1.82) is 5.26 Å². The van der Waals surface area contributed by atoms with E-state index in [9.17, 15) is 5.26 Å². The molecule has 0 radical (unpaired) electrons. The van der Waals surface area contributed by atoms with Crippen LogP contribution < -0.4 is 0 Å². The predicted molar refractivity (Wildman–Crippen MR) is 95.2 cm³/mol. The standard InChI is InChI=1S/C21H30N2/c22-18-21(19-10-4-1-5-11-19,20-12-6-2-7-13-20)14-17-23-15-8-3-9-16-23/h1,4-5,10-11,20H,2-3,6-9,12-17H2. The molecule has 23 heavy (non-hydrogen) atoms. The lowest BCUT2D eigenvalue weighted by Gasteiger charge is -2.39. The molecule has 1 heterocycles. The van der Waals surface area contributed by atoms with Gasteiger partial charge >= 0.3 is 0 Å². The van der Waals surface area contributed by atoms with Crippen molar-refractivity contribution in [3.05, 3.63) is 35.9 Å². The quantitative estimate of drug-likeness (QED) is 0.773. The van der Waals surface area contributed by atoms with Gasteiger partial charge in [0.1, 0.15) is 0 Å². The first-order valence-electron chi connectivity index (χ1n) is 9.54. The molecule has 1 saturated heterocycles. The van der Waals surface area contributed by atoms with Gasteiger partial charge < -0.3 is 4.90 Å². The SMILES string of the molecule is N#CC(CCN1CCCCC1)(c1ccccc1)C1CCCCC1. The van der Waals surface area contributed by atoms with Crippen LogP contribution in [0.3, 0.4) is 0 Å². The van der Waals surface area contributed by atoms with Crippen LogP contribution in [-0.2, 0) is 5.41 Å². The molecule has 124 valence electrons. The fourth-order valence-corrected chi connectivity index (χ4v) is 4.64. The second kappa shape index (κ2) is 7.97. The van der Waals surface area contributed by atoms with Gasteiger partial charge in [-0.25, -0.2) is 0 Å². The lowest BCUT2D eigenvalue weighted by Crippen LogP contribution is -2.40. The minimum atomic E-state index is -0.279. The topological polar surface area (TPSA) is 27.0 Å². The Balaban J connectivity index is 1.81. The molecule has 0 N–H and O–H groups in total. The van der Waals surface area contributed by atoms with E-state index in [1.54, 1.807) is 0 Å². The molecule has 1 aromatic rings. The minimum Gasteiger partial charge on any atom is -0.303 e. The first-order chi connectivity index (χ1) is 11.3. The molecule has 2 fully saturated rings. The van der Waals surface area contributed by atoms with Gasteiger partial charge in [-0.2, -0.15) is 5.26 Å². The van der Waals surface area contributed by atoms with Crippen LogP contribution in [0, 0.1) is 17.2 Å². The number of likely N-dealkylation sites (tertiary alicyclic amines) is 1. The van der Waals surface area contributed by atoms with Gasteiger partial charge in [0, 0.05) is 0 Å². The number of hydrogen-bond donors (Lipinski definition) is 0. The number of hydrogen-bond acceptors (Lipinski definition) is 2. The summed E-state index contributed by atoms with van der Waals surface area (Å²) < 4.78 is 0. The molecule has 2 nitrogen and oxygen atoms in total. The molecular formula is C21H30N2. The van der Waals surface area contributed by atoms with Crippen molar-refractivity contribution in [3.8, 4) is 6.07 Å². The van der Waals surface area contributed by atoms with E-state index in [4.69, 9.17) is 0 Å². The summed E-state index contributed by atoms with van der Waals surface area (Å²) in [7, 11) is 0. The first-order valence-corrected chi connectivity index (χ1v) is 9.54. The zero-order chi connectivity index (χ0) is 16.0. The molecule has 1 aliphatic heterocycles. The molecule has 0 amide bonds. The number of piperidine rings is 1. The van der Waals surface area contributed by atoms with Crippen molar-refractivity contribution in [1.82, 2.24) is 4.90 Å². The number of nitrogens with zero attached hydrogens (tertiary/aromatic N) is 2. The molecule has 1 aliphatic carbocycles. The van der Waals surface area contributed by atoms with Crippen molar-refractivity contribution in [2.75, 3.05) is 19.6 Å². The van der Waals surface area contributed by atoms with Gasteiger partial charge in [0.2, 0.25) is 0 Å². The van der Waals surface area contributed by atoms with E-state index in [-0.39, 0.29) is 5.41 Å². The summed E-state index contributed by atoms with van der Waals surface area (Å²) in [5.41, 5.74) is 0.977. The molecule has 1 unspecified atom stereocenters. The Labute approximate surface area is 141 Å². The van der Waals surface area contributed by atoms with Crippen molar-refractivity contribution >= 4 is 0 Å². The second-order valence-electron chi connectivity index (χ2n) is 7.44. The number of benzene rings is 1. The van der Waals surface area contributed by atoms with E-state index < -0.39 is 0 Å². The maximum Gasteiger partial charge on any atom is 0.0862 e. The highest BCUT2D eigenvalue weighted by molar-refractivity contribution is 5.34. The van der Waals surface area contributed by atoms with Crippen LogP contribution in [0.4, 0.5) is 0 Å². The Morgan fingerprint density at radius 3 is 2.26 bits per heavy atom. The summed E-state index contributed by atoms with van der Waals surface area (Å²) >= 11 is 0. The van der Waals surface area contributed by atoms with Crippen molar-refractivity contribution < 1.29 is 0 Å². The summed E-state index contributed by atoms with van der Waals surface area (Å²) in [4.78, 5) is 2.58. The maximum atomic E-state index is 10.2. The van der Waals surface area contributed by atoms with Crippen molar-refractivity contribution in [2.45, 2.75) is 63.2 Å². The van der Waals surface area contributed by atoms with Crippen LogP contribution in [0.2, 0.25) is 0 Å². The summed E-state index contributed by atoms with van der Waals surface area (Å²) in [6, 6.07) is 13.5. The highest BCUT2D eigenvalue weighted by Crippen LogP contribution is 2.43. The predicted octanol–water partition coefficient (Wildman–Crippen LogP) is 4.90. The van der Waals surface area contributed by atoms with Crippen LogP contribution >= 0.6 is 0 Å². The molecule has 2 aliphatic rings. The Bertz CT molecular complexity index is 506. The second-order valence-corrected chi connectivity index (χ2v) is 7.44. The molecule has 1 aromatic carbocycles. The van der Waals surface area contributed by atoms with E-state index >= 15 is 0 Å². The van der Waals surface area contributed by atoms with Gasteiger partial charge in [0.25, 0.3) is 0 Å². The number of rotatable bonds is 5. The van der Waals surface area contributed by atoms with Gasteiger partial charge in [-0.05, 0) is 63.2 Å². The largest absolute Gasteiger partial charge is 0.303 e. The highest BCUT2D eigenvalue weighted by atomic mass is 15.1. The fourth-order valence-electron chi connectivity index (χ4n) is 4.64. The third-order valence-corrected chi connectivity index (χ3v) is 6.06. The zero-order valence-corrected chi connectivity index (χ0v) is 14.3. The Kier molecular flexibility index (Phi) is 5.73. The van der Waals surface area contributed by atoms with Crippen LogP contribution in [0.1, 0.15) is 63.4 Å². The molecule has 0 spiro atoms. The monoisotopic (exact) mass is 310 g/mol. The van der Waals surface area contributed by atoms with Gasteiger partial charge in [-0.1, -0.05) is 56.0 Å². The van der Waals surface area contributed by atoms with Crippen LogP contribution in [0.15, 0.2) is 30.3 Å². The molecule has 2 heteroatoms. The Hall–Kier alpha value is -1.33. The van der Waals surface area contributed by atoms with Crippen molar-refractivity contribution in [3.63, 3.8) is 0 Å². The van der Waals surface area contributed by atoms with Crippen LogP contribution in [0.5, 0.6) is 0 Å². The van der Waals surface area contributed by atoms with E-state index in [2.05, 4.69) is 41.3 Å². The zero-order valence-electron chi connectivity index (χ0n) is 14.3. The van der Waals surface area contributed by atoms with Crippen LogP contribution in [-0.4, -0.2) is 24.5 Å². The lowest BCUT2D eigenvalue weighted by atomic mass is 9.64. The molecular weight excluding hydrogens is 280 g/mol. The van der Waals surface area contributed by atoms with Crippen LogP contribution in [0.25, 0.3) is 0 Å². The lowest BCUT2D eigenvalue weighted by molar-refractivity contribution is 0.178. The van der Waals surface area contributed by atoms with E-state index in [1.807, 2.05) is 0 Å².